The van der Waals surface area contributed by atoms with E-state index < -0.39 is 13.0 Å². The van der Waals surface area contributed by atoms with Gasteiger partial charge in [0.15, 0.2) is 0 Å². The monoisotopic (exact) mass is 182 g/mol. The highest BCUT2D eigenvalue weighted by atomic mass is 19.3. The number of para-hydroxylation sites is 1. The third kappa shape index (κ3) is 2.71. The first-order chi connectivity index (χ1) is 6.24. The lowest BCUT2D eigenvalue weighted by Gasteiger charge is -2.06. The van der Waals surface area contributed by atoms with Gasteiger partial charge in [-0.15, -0.1) is 0 Å². The van der Waals surface area contributed by atoms with Gasteiger partial charge in [0.2, 0.25) is 0 Å². The molecule has 0 aromatic heterocycles. The van der Waals surface area contributed by atoms with Gasteiger partial charge in [-0.3, -0.25) is 0 Å². The van der Waals surface area contributed by atoms with Crippen LogP contribution in [0.3, 0.4) is 0 Å². The lowest BCUT2D eigenvalue weighted by Crippen LogP contribution is -2.10. The average molecular weight is 182 g/mol. The van der Waals surface area contributed by atoms with E-state index in [-0.39, 0.29) is 0 Å². The van der Waals surface area contributed by atoms with Gasteiger partial charge < -0.3 is 5.32 Å². The first-order valence-electron chi connectivity index (χ1n) is 3.75. The van der Waals surface area contributed by atoms with Gasteiger partial charge >= 0.3 is 0 Å². The molecule has 2 nitrogen and oxygen atoms in total. The molecule has 0 aliphatic heterocycles. The fourth-order valence-electron chi connectivity index (χ4n) is 0.922. The molecular weight excluding hydrogens is 174 g/mol. The molecule has 0 aliphatic rings. The minimum Gasteiger partial charge on any atom is -0.378 e. The van der Waals surface area contributed by atoms with E-state index in [2.05, 4.69) is 5.32 Å². The van der Waals surface area contributed by atoms with Gasteiger partial charge in [0.25, 0.3) is 6.43 Å². The van der Waals surface area contributed by atoms with Crippen molar-refractivity contribution >= 4 is 5.69 Å². The van der Waals surface area contributed by atoms with E-state index in [9.17, 15) is 8.78 Å². The highest BCUT2D eigenvalue weighted by Crippen LogP contribution is 2.13. The van der Waals surface area contributed by atoms with E-state index in [1.807, 2.05) is 6.07 Å². The topological polar surface area (TPSA) is 35.8 Å². The summed E-state index contributed by atoms with van der Waals surface area (Å²) in [4.78, 5) is 0. The summed E-state index contributed by atoms with van der Waals surface area (Å²) < 4.78 is 23.6. The normalized spacial score (nSPS) is 9.69. The Morgan fingerprint density at radius 1 is 1.38 bits per heavy atom. The Bertz CT molecular complexity index is 318. The van der Waals surface area contributed by atoms with E-state index in [1.165, 1.54) is 0 Å². The van der Waals surface area contributed by atoms with Crippen LogP contribution in [0.2, 0.25) is 0 Å². The molecule has 1 N–H and O–H groups in total. The zero-order chi connectivity index (χ0) is 9.68. The van der Waals surface area contributed by atoms with Crippen molar-refractivity contribution in [1.82, 2.24) is 0 Å². The van der Waals surface area contributed by atoms with Crippen LogP contribution in [0.4, 0.5) is 14.5 Å². The van der Waals surface area contributed by atoms with Crippen LogP contribution < -0.4 is 5.32 Å². The molecule has 1 aromatic rings. The number of alkyl halides is 2. The molecule has 0 atom stereocenters. The summed E-state index contributed by atoms with van der Waals surface area (Å²) in [5, 5.41) is 11.1. The van der Waals surface area contributed by atoms with Crippen molar-refractivity contribution < 1.29 is 8.78 Å². The van der Waals surface area contributed by atoms with Gasteiger partial charge in [-0.25, -0.2) is 8.78 Å². The molecule has 68 valence electrons. The van der Waals surface area contributed by atoms with Gasteiger partial charge in [-0.1, -0.05) is 12.1 Å². The number of hydrogen-bond donors (Lipinski definition) is 1. The zero-order valence-corrected chi connectivity index (χ0v) is 6.80. The maximum absolute atomic E-state index is 11.8. The van der Waals surface area contributed by atoms with Crippen molar-refractivity contribution in [2.24, 2.45) is 0 Å². The van der Waals surface area contributed by atoms with E-state index in [4.69, 9.17) is 5.26 Å². The number of nitrogens with one attached hydrogen (secondary N) is 1. The van der Waals surface area contributed by atoms with E-state index >= 15 is 0 Å². The Hall–Kier alpha value is -1.63. The number of hydrogen-bond acceptors (Lipinski definition) is 2. The molecular formula is C9H8F2N2. The van der Waals surface area contributed by atoms with Crippen molar-refractivity contribution in [2.75, 3.05) is 11.9 Å². The molecule has 0 saturated heterocycles. The van der Waals surface area contributed by atoms with Gasteiger partial charge in [-0.2, -0.15) is 5.26 Å². The lowest BCUT2D eigenvalue weighted by atomic mass is 10.2. The predicted molar refractivity (Wildman–Crippen MR) is 45.7 cm³/mol. The number of rotatable bonds is 3. The summed E-state index contributed by atoms with van der Waals surface area (Å²) in [6, 6.07) is 8.46. The Morgan fingerprint density at radius 2 is 2.08 bits per heavy atom. The molecule has 0 aliphatic carbocycles. The SMILES string of the molecule is N#Cc1ccccc1NCC(F)F. The minimum atomic E-state index is -2.41. The fourth-order valence-corrected chi connectivity index (χ4v) is 0.922. The molecule has 0 unspecified atom stereocenters. The molecule has 0 bridgehead atoms. The van der Waals surface area contributed by atoms with E-state index in [0.717, 1.165) is 0 Å². The summed E-state index contributed by atoms with van der Waals surface area (Å²) >= 11 is 0. The zero-order valence-electron chi connectivity index (χ0n) is 6.80. The largest absolute Gasteiger partial charge is 0.378 e. The van der Waals surface area contributed by atoms with Gasteiger partial charge in [-0.05, 0) is 12.1 Å². The van der Waals surface area contributed by atoms with Crippen LogP contribution in [0, 0.1) is 11.3 Å². The fraction of sp³-hybridized carbons (Fsp3) is 0.222. The lowest BCUT2D eigenvalue weighted by molar-refractivity contribution is 0.163. The summed E-state index contributed by atoms with van der Waals surface area (Å²) in [5.41, 5.74) is 0.827. The van der Waals surface area contributed by atoms with Crippen molar-refractivity contribution in [3.8, 4) is 6.07 Å². The number of nitriles is 1. The Labute approximate surface area is 74.8 Å². The summed E-state index contributed by atoms with van der Waals surface area (Å²) in [6.07, 6.45) is -2.41. The van der Waals surface area contributed by atoms with Crippen LogP contribution in [0.5, 0.6) is 0 Å². The second-order valence-corrected chi connectivity index (χ2v) is 2.43. The Balaban J connectivity index is 2.71. The molecule has 0 amide bonds. The van der Waals surface area contributed by atoms with Crippen molar-refractivity contribution in [2.45, 2.75) is 6.43 Å². The molecule has 0 fully saturated rings. The van der Waals surface area contributed by atoms with Gasteiger partial charge in [0.1, 0.15) is 6.07 Å². The number of halogens is 2. The Kier molecular flexibility index (Phi) is 3.21. The van der Waals surface area contributed by atoms with Gasteiger partial charge in [0.05, 0.1) is 17.8 Å². The van der Waals surface area contributed by atoms with Crippen LogP contribution in [-0.4, -0.2) is 13.0 Å². The maximum Gasteiger partial charge on any atom is 0.255 e. The second-order valence-electron chi connectivity index (χ2n) is 2.43. The van der Waals surface area contributed by atoms with E-state index in [1.54, 1.807) is 24.3 Å². The Morgan fingerprint density at radius 3 is 2.69 bits per heavy atom. The summed E-state index contributed by atoms with van der Waals surface area (Å²) in [7, 11) is 0. The molecule has 13 heavy (non-hydrogen) atoms. The molecule has 0 heterocycles. The third-order valence-corrected chi connectivity index (χ3v) is 1.49. The highest BCUT2D eigenvalue weighted by molar-refractivity contribution is 5.57. The molecule has 1 rings (SSSR count). The number of nitrogens with zero attached hydrogens (tertiary/aromatic N) is 1. The summed E-state index contributed by atoms with van der Waals surface area (Å²) in [5.74, 6) is 0. The predicted octanol–water partition coefficient (Wildman–Crippen LogP) is 2.24. The van der Waals surface area contributed by atoms with Crippen LogP contribution in [0.15, 0.2) is 24.3 Å². The van der Waals surface area contributed by atoms with Crippen LogP contribution in [0.25, 0.3) is 0 Å². The van der Waals surface area contributed by atoms with Crippen molar-refractivity contribution in [1.29, 1.82) is 5.26 Å². The molecule has 0 saturated carbocycles. The van der Waals surface area contributed by atoms with E-state index in [0.29, 0.717) is 11.3 Å². The average Bonchev–Trinajstić information content (AvgIpc) is 2.15. The smallest absolute Gasteiger partial charge is 0.255 e. The second kappa shape index (κ2) is 4.41. The van der Waals surface area contributed by atoms with Crippen LogP contribution in [0.1, 0.15) is 5.56 Å². The minimum absolute atomic E-state index is 0.378. The molecule has 0 radical (unpaired) electrons. The number of benzene rings is 1. The first kappa shape index (κ1) is 9.46. The van der Waals surface area contributed by atoms with Crippen LogP contribution >= 0.6 is 0 Å². The standard InChI is InChI=1S/C9H8F2N2/c10-9(11)6-13-8-4-2-1-3-7(8)5-12/h1-4,9,13H,6H2. The van der Waals surface area contributed by atoms with Crippen molar-refractivity contribution in [3.63, 3.8) is 0 Å². The third-order valence-electron chi connectivity index (χ3n) is 1.49. The first-order valence-corrected chi connectivity index (χ1v) is 3.75. The number of anilines is 1. The van der Waals surface area contributed by atoms with Crippen molar-refractivity contribution in [3.05, 3.63) is 29.8 Å². The molecule has 0 spiro atoms. The highest BCUT2D eigenvalue weighted by Gasteiger charge is 2.04. The van der Waals surface area contributed by atoms with Gasteiger partial charge in [0, 0.05) is 0 Å². The summed E-state index contributed by atoms with van der Waals surface area (Å²) in [6.45, 7) is -0.432. The molecule has 1 aromatic carbocycles. The van der Waals surface area contributed by atoms with Crippen LogP contribution in [-0.2, 0) is 0 Å². The quantitative estimate of drug-likeness (QED) is 0.778. The molecule has 4 heteroatoms. The maximum atomic E-state index is 11.8.